The average molecular weight is 266 g/mol. The van der Waals surface area contributed by atoms with E-state index in [9.17, 15) is 0 Å². The van der Waals surface area contributed by atoms with Gasteiger partial charge in [0.2, 0.25) is 5.88 Å². The Kier molecular flexibility index (Phi) is 5.54. The van der Waals surface area contributed by atoms with E-state index < -0.39 is 0 Å². The van der Waals surface area contributed by atoms with E-state index in [0.717, 1.165) is 12.2 Å². The lowest BCUT2D eigenvalue weighted by Gasteiger charge is -2.31. The number of nitrogens with two attached hydrogens (primary N) is 1. The Morgan fingerprint density at radius 2 is 2.00 bits per heavy atom. The molecule has 1 heterocycles. The zero-order chi connectivity index (χ0) is 14.5. The zero-order valence-electron chi connectivity index (χ0n) is 12.6. The van der Waals surface area contributed by atoms with Crippen molar-refractivity contribution in [2.75, 3.05) is 11.9 Å². The molecule has 0 aliphatic rings. The Bertz CT molecular complexity index is 387. The Hall–Kier alpha value is -1.36. The normalized spacial score (nSPS) is 13.4. The van der Waals surface area contributed by atoms with Crippen molar-refractivity contribution in [1.29, 1.82) is 0 Å². The lowest BCUT2D eigenvalue weighted by atomic mass is 9.85. The van der Waals surface area contributed by atoms with Gasteiger partial charge in [-0.3, -0.25) is 4.98 Å². The number of nitrogens with zero attached hydrogens (tertiary/aromatic N) is 2. The van der Waals surface area contributed by atoms with Crippen LogP contribution in [0.1, 0.15) is 41.0 Å². The minimum absolute atomic E-state index is 0.0898. The number of anilines is 1. The van der Waals surface area contributed by atoms with Crippen LogP contribution in [0.2, 0.25) is 0 Å². The van der Waals surface area contributed by atoms with Crippen molar-refractivity contribution >= 4 is 5.82 Å². The van der Waals surface area contributed by atoms with Crippen molar-refractivity contribution in [3.63, 3.8) is 0 Å². The molecule has 5 heteroatoms. The summed E-state index contributed by atoms with van der Waals surface area (Å²) >= 11 is 0. The minimum Gasteiger partial charge on any atom is -0.474 e. The van der Waals surface area contributed by atoms with Crippen LogP contribution in [0.5, 0.6) is 5.88 Å². The van der Waals surface area contributed by atoms with Crippen LogP contribution >= 0.6 is 0 Å². The SMILES string of the molecule is CC(C)Oc1cncc(NC(CCN)C(C)(C)C)n1. The smallest absolute Gasteiger partial charge is 0.234 e. The van der Waals surface area contributed by atoms with Gasteiger partial charge in [-0.1, -0.05) is 20.8 Å². The lowest BCUT2D eigenvalue weighted by Crippen LogP contribution is -2.36. The molecule has 0 amide bonds. The van der Waals surface area contributed by atoms with Gasteiger partial charge in [-0.25, -0.2) is 0 Å². The quantitative estimate of drug-likeness (QED) is 0.827. The summed E-state index contributed by atoms with van der Waals surface area (Å²) in [5.74, 6) is 1.27. The van der Waals surface area contributed by atoms with Crippen molar-refractivity contribution in [3.8, 4) is 5.88 Å². The summed E-state index contributed by atoms with van der Waals surface area (Å²) in [7, 11) is 0. The van der Waals surface area contributed by atoms with Crippen molar-refractivity contribution in [1.82, 2.24) is 9.97 Å². The molecule has 3 N–H and O–H groups in total. The molecule has 0 aromatic carbocycles. The molecular formula is C14H26N4O. The molecule has 0 fully saturated rings. The summed E-state index contributed by atoms with van der Waals surface area (Å²) in [6.45, 7) is 11.1. The van der Waals surface area contributed by atoms with Crippen molar-refractivity contribution in [3.05, 3.63) is 12.4 Å². The van der Waals surface area contributed by atoms with E-state index in [0.29, 0.717) is 12.4 Å². The third-order valence-electron chi connectivity index (χ3n) is 2.79. The van der Waals surface area contributed by atoms with Crippen LogP contribution in [0, 0.1) is 5.41 Å². The van der Waals surface area contributed by atoms with E-state index in [1.54, 1.807) is 12.4 Å². The second-order valence-corrected chi connectivity index (χ2v) is 6.05. The third-order valence-corrected chi connectivity index (χ3v) is 2.79. The molecule has 5 nitrogen and oxygen atoms in total. The van der Waals surface area contributed by atoms with Gasteiger partial charge in [0.05, 0.1) is 18.5 Å². The van der Waals surface area contributed by atoms with Gasteiger partial charge in [-0.15, -0.1) is 0 Å². The molecule has 0 spiro atoms. The van der Waals surface area contributed by atoms with E-state index >= 15 is 0 Å². The summed E-state index contributed by atoms with van der Waals surface area (Å²) in [6, 6.07) is 0.251. The summed E-state index contributed by atoms with van der Waals surface area (Å²) in [6.07, 6.45) is 4.32. The average Bonchev–Trinajstić information content (AvgIpc) is 2.26. The molecule has 0 aliphatic heterocycles. The predicted molar refractivity (Wildman–Crippen MR) is 78.3 cm³/mol. The van der Waals surface area contributed by atoms with Gasteiger partial charge < -0.3 is 15.8 Å². The molecule has 0 saturated carbocycles. The molecule has 1 unspecified atom stereocenters. The Labute approximate surface area is 116 Å². The Morgan fingerprint density at radius 3 is 2.53 bits per heavy atom. The van der Waals surface area contributed by atoms with Gasteiger partial charge in [-0.2, -0.15) is 4.98 Å². The predicted octanol–water partition coefficient (Wildman–Crippen LogP) is 2.44. The zero-order valence-corrected chi connectivity index (χ0v) is 12.6. The van der Waals surface area contributed by atoms with Crippen LogP contribution in [-0.2, 0) is 0 Å². The Morgan fingerprint density at radius 1 is 1.32 bits per heavy atom. The topological polar surface area (TPSA) is 73.1 Å². The highest BCUT2D eigenvalue weighted by atomic mass is 16.5. The lowest BCUT2D eigenvalue weighted by molar-refractivity contribution is 0.231. The first-order valence-corrected chi connectivity index (χ1v) is 6.78. The van der Waals surface area contributed by atoms with E-state index in [4.69, 9.17) is 10.5 Å². The maximum absolute atomic E-state index is 5.67. The molecule has 0 aliphatic carbocycles. The van der Waals surface area contributed by atoms with Gasteiger partial charge in [-0.05, 0) is 32.2 Å². The molecule has 1 aromatic rings. The molecule has 1 rings (SSSR count). The number of hydrogen-bond acceptors (Lipinski definition) is 5. The summed E-state index contributed by atoms with van der Waals surface area (Å²) in [5, 5.41) is 3.40. The maximum atomic E-state index is 5.67. The van der Waals surface area contributed by atoms with Gasteiger partial charge in [0, 0.05) is 6.04 Å². The monoisotopic (exact) mass is 266 g/mol. The van der Waals surface area contributed by atoms with Crippen molar-refractivity contribution < 1.29 is 4.74 Å². The van der Waals surface area contributed by atoms with Crippen LogP contribution in [0.25, 0.3) is 0 Å². The minimum atomic E-state index is 0.0898. The standard InChI is InChI=1S/C14H26N4O/c1-10(2)19-13-9-16-8-12(18-13)17-11(6-7-15)14(3,4)5/h8-11H,6-7,15H2,1-5H3,(H,17,18). The fourth-order valence-electron chi connectivity index (χ4n) is 1.78. The molecule has 1 aromatic heterocycles. The van der Waals surface area contributed by atoms with E-state index in [1.807, 2.05) is 13.8 Å². The molecule has 0 bridgehead atoms. The summed E-state index contributed by atoms with van der Waals surface area (Å²) in [4.78, 5) is 8.56. The fourth-order valence-corrected chi connectivity index (χ4v) is 1.78. The van der Waals surface area contributed by atoms with Gasteiger partial charge in [0.1, 0.15) is 5.82 Å². The summed E-state index contributed by atoms with van der Waals surface area (Å²) < 4.78 is 5.54. The fraction of sp³-hybridized carbons (Fsp3) is 0.714. The number of nitrogens with one attached hydrogen (secondary N) is 1. The molecule has 0 saturated heterocycles. The van der Waals surface area contributed by atoms with Crippen LogP contribution in [0.4, 0.5) is 5.82 Å². The van der Waals surface area contributed by atoms with Crippen LogP contribution < -0.4 is 15.8 Å². The molecular weight excluding hydrogens is 240 g/mol. The second kappa shape index (κ2) is 6.70. The van der Waals surface area contributed by atoms with Crippen LogP contribution in [0.3, 0.4) is 0 Å². The Balaban J connectivity index is 2.79. The highest BCUT2D eigenvalue weighted by Crippen LogP contribution is 2.25. The van der Waals surface area contributed by atoms with Crippen molar-refractivity contribution in [2.24, 2.45) is 11.1 Å². The maximum Gasteiger partial charge on any atom is 0.234 e. The molecule has 108 valence electrons. The van der Waals surface area contributed by atoms with Gasteiger partial charge in [0.25, 0.3) is 0 Å². The molecule has 19 heavy (non-hydrogen) atoms. The second-order valence-electron chi connectivity index (χ2n) is 6.05. The van der Waals surface area contributed by atoms with Crippen molar-refractivity contribution in [2.45, 2.75) is 53.2 Å². The van der Waals surface area contributed by atoms with Crippen LogP contribution in [0.15, 0.2) is 12.4 Å². The third kappa shape index (κ3) is 5.42. The van der Waals surface area contributed by atoms with Gasteiger partial charge in [0.15, 0.2) is 0 Å². The van der Waals surface area contributed by atoms with Crippen LogP contribution in [-0.4, -0.2) is 28.7 Å². The van der Waals surface area contributed by atoms with E-state index in [-0.39, 0.29) is 17.6 Å². The molecule has 0 radical (unpaired) electrons. The van der Waals surface area contributed by atoms with E-state index in [2.05, 4.69) is 36.1 Å². The first-order valence-electron chi connectivity index (χ1n) is 6.78. The van der Waals surface area contributed by atoms with E-state index in [1.165, 1.54) is 0 Å². The molecule has 1 atom stereocenters. The number of aromatic nitrogens is 2. The highest BCUT2D eigenvalue weighted by Gasteiger charge is 2.24. The largest absolute Gasteiger partial charge is 0.474 e. The number of ether oxygens (including phenoxy) is 1. The van der Waals surface area contributed by atoms with Gasteiger partial charge >= 0.3 is 0 Å². The summed E-state index contributed by atoms with van der Waals surface area (Å²) in [5.41, 5.74) is 5.78. The highest BCUT2D eigenvalue weighted by molar-refractivity contribution is 5.35. The number of rotatable bonds is 6. The number of hydrogen-bond donors (Lipinski definition) is 2. The first kappa shape index (κ1) is 15.7. The first-order chi connectivity index (χ1) is 8.82.